The van der Waals surface area contributed by atoms with Gasteiger partial charge >= 0.3 is 6.21 Å². The first-order chi connectivity index (χ1) is 7.24. The van der Waals surface area contributed by atoms with Crippen molar-refractivity contribution in [2.45, 2.75) is 39.0 Å². The molecule has 0 fully saturated rings. The summed E-state index contributed by atoms with van der Waals surface area (Å²) in [6.07, 6.45) is 9.83. The van der Waals surface area contributed by atoms with Gasteiger partial charge < -0.3 is 5.53 Å². The fourth-order valence-electron chi connectivity index (χ4n) is 1.72. The van der Waals surface area contributed by atoms with Crippen molar-refractivity contribution in [3.8, 4) is 0 Å². The first-order valence-corrected chi connectivity index (χ1v) is 5.29. The number of carbonyl (C=O) groups is 1. The Labute approximate surface area is 90.1 Å². The molecule has 15 heavy (non-hydrogen) atoms. The third kappa shape index (κ3) is 4.05. The lowest BCUT2D eigenvalue weighted by molar-refractivity contribution is -0.116. The van der Waals surface area contributed by atoms with Crippen LogP contribution in [0.3, 0.4) is 0 Å². The summed E-state index contributed by atoms with van der Waals surface area (Å²) in [5.74, 6) is -0.140. The average Bonchev–Trinajstić information content (AvgIpc) is 2.60. The molecule has 0 atom stereocenters. The Morgan fingerprint density at radius 1 is 1.53 bits per heavy atom. The van der Waals surface area contributed by atoms with Crippen LogP contribution in [0.1, 0.15) is 39.0 Å². The third-order valence-corrected chi connectivity index (χ3v) is 2.62. The number of Topliss-reactive ketones (excluding diaryl/α,β-unsaturated/α-hetero) is 1. The molecule has 0 saturated carbocycles. The largest absolute Gasteiger partial charge is 0.361 e. The van der Waals surface area contributed by atoms with E-state index in [1.54, 1.807) is 0 Å². The van der Waals surface area contributed by atoms with E-state index in [4.69, 9.17) is 5.53 Å². The first kappa shape index (κ1) is 11.6. The number of nitrogens with zero attached hydrogens (tertiary/aromatic N) is 2. The quantitative estimate of drug-likeness (QED) is 0.386. The summed E-state index contributed by atoms with van der Waals surface area (Å²) < 4.78 is 0. The highest BCUT2D eigenvalue weighted by molar-refractivity contribution is 6.25. The molecule has 0 N–H and O–H groups in total. The lowest BCUT2D eigenvalue weighted by Gasteiger charge is -1.94. The van der Waals surface area contributed by atoms with Gasteiger partial charge in [-0.2, -0.15) is 4.79 Å². The van der Waals surface area contributed by atoms with E-state index in [1.165, 1.54) is 24.0 Å². The van der Waals surface area contributed by atoms with Crippen molar-refractivity contribution >= 4 is 12.0 Å². The van der Waals surface area contributed by atoms with E-state index in [9.17, 15) is 4.79 Å². The first-order valence-electron chi connectivity index (χ1n) is 5.29. The number of hydrogen-bond acceptors (Lipinski definition) is 1. The highest BCUT2D eigenvalue weighted by Crippen LogP contribution is 2.26. The van der Waals surface area contributed by atoms with Gasteiger partial charge in [0.2, 0.25) is 5.78 Å². The Bertz CT molecular complexity index is 347. The Balaban J connectivity index is 2.31. The predicted molar refractivity (Wildman–Crippen MR) is 59.6 cm³/mol. The molecule has 0 aliphatic heterocycles. The molecule has 0 amide bonds. The van der Waals surface area contributed by atoms with Gasteiger partial charge in [-0.15, -0.1) is 0 Å². The van der Waals surface area contributed by atoms with Crippen molar-refractivity contribution in [2.75, 3.05) is 0 Å². The molecule has 0 spiro atoms. The number of hydrogen-bond donors (Lipinski definition) is 0. The zero-order valence-corrected chi connectivity index (χ0v) is 9.07. The Hall–Kier alpha value is -1.47. The maximum Gasteiger partial charge on any atom is 0.323 e. The van der Waals surface area contributed by atoms with E-state index in [2.05, 4.69) is 17.8 Å². The standard InChI is InChI=1S/C12H16N2O/c1-10-5-4-7-11(10)6-2-3-8-12(15)9-14-13/h2,6,9H,3-5,7-8H2,1H3. The van der Waals surface area contributed by atoms with Gasteiger partial charge in [0.25, 0.3) is 0 Å². The summed E-state index contributed by atoms with van der Waals surface area (Å²) in [5.41, 5.74) is 11.0. The molecule has 80 valence electrons. The second-order valence-corrected chi connectivity index (χ2v) is 3.81. The third-order valence-electron chi connectivity index (χ3n) is 2.62. The minimum absolute atomic E-state index is 0.140. The second-order valence-electron chi connectivity index (χ2n) is 3.81. The molecule has 0 bridgehead atoms. The van der Waals surface area contributed by atoms with E-state index in [-0.39, 0.29) is 5.78 Å². The van der Waals surface area contributed by atoms with Crippen molar-refractivity contribution in [3.63, 3.8) is 0 Å². The normalized spacial score (nSPS) is 15.8. The van der Waals surface area contributed by atoms with Crippen LogP contribution in [0.5, 0.6) is 0 Å². The molecule has 0 heterocycles. The van der Waals surface area contributed by atoms with Crippen molar-refractivity contribution in [2.24, 2.45) is 0 Å². The van der Waals surface area contributed by atoms with Crippen LogP contribution in [-0.4, -0.2) is 16.8 Å². The van der Waals surface area contributed by atoms with Gasteiger partial charge in [0.1, 0.15) is 0 Å². The Morgan fingerprint density at radius 2 is 2.33 bits per heavy atom. The van der Waals surface area contributed by atoms with Crippen LogP contribution in [-0.2, 0) is 4.79 Å². The van der Waals surface area contributed by atoms with E-state index < -0.39 is 0 Å². The fraction of sp³-hybridized carbons (Fsp3) is 0.500. The molecule has 3 nitrogen and oxygen atoms in total. The van der Waals surface area contributed by atoms with Crippen LogP contribution < -0.4 is 0 Å². The van der Waals surface area contributed by atoms with Crippen LogP contribution in [0, 0.1) is 0 Å². The molecule has 0 saturated heterocycles. The molecular formula is C12H16N2O. The summed E-state index contributed by atoms with van der Waals surface area (Å²) in [6.45, 7) is 2.16. The lowest BCUT2D eigenvalue weighted by Crippen LogP contribution is -1.97. The van der Waals surface area contributed by atoms with Gasteiger partial charge in [-0.3, -0.25) is 4.79 Å². The van der Waals surface area contributed by atoms with Gasteiger partial charge in [-0.05, 0) is 38.2 Å². The maximum atomic E-state index is 10.9. The molecule has 0 aromatic heterocycles. The van der Waals surface area contributed by atoms with Gasteiger partial charge in [0.15, 0.2) is 0 Å². The average molecular weight is 204 g/mol. The Morgan fingerprint density at radius 3 is 2.93 bits per heavy atom. The molecule has 1 aliphatic carbocycles. The van der Waals surface area contributed by atoms with E-state index in [1.807, 2.05) is 6.08 Å². The molecular weight excluding hydrogens is 188 g/mol. The lowest BCUT2D eigenvalue weighted by atomic mass is 10.1. The Kier molecular flexibility index (Phi) is 4.72. The molecule has 1 rings (SSSR count). The van der Waals surface area contributed by atoms with Crippen molar-refractivity contribution in [1.82, 2.24) is 0 Å². The second kappa shape index (κ2) is 6.10. The minimum Gasteiger partial charge on any atom is -0.361 e. The summed E-state index contributed by atoms with van der Waals surface area (Å²) in [4.78, 5) is 13.6. The van der Waals surface area contributed by atoms with Crippen LogP contribution in [0.4, 0.5) is 0 Å². The maximum absolute atomic E-state index is 10.9. The fourth-order valence-corrected chi connectivity index (χ4v) is 1.72. The van der Waals surface area contributed by atoms with Gasteiger partial charge in [-0.25, -0.2) is 0 Å². The SMILES string of the molecule is CC1=C(C=CCCC(=O)C=[N+]=[N-])CCC1. The molecule has 1 aliphatic rings. The summed E-state index contributed by atoms with van der Waals surface area (Å²) in [7, 11) is 0. The highest BCUT2D eigenvalue weighted by atomic mass is 16.1. The van der Waals surface area contributed by atoms with Crippen LogP contribution in [0.15, 0.2) is 23.3 Å². The summed E-state index contributed by atoms with van der Waals surface area (Å²) in [6, 6.07) is 0. The summed E-state index contributed by atoms with van der Waals surface area (Å²) in [5, 5.41) is 0. The predicted octanol–water partition coefficient (Wildman–Crippen LogP) is 2.69. The van der Waals surface area contributed by atoms with Crippen molar-refractivity contribution in [1.29, 1.82) is 0 Å². The summed E-state index contributed by atoms with van der Waals surface area (Å²) >= 11 is 0. The van der Waals surface area contributed by atoms with Gasteiger partial charge in [-0.1, -0.05) is 17.7 Å². The number of ketones is 1. The van der Waals surface area contributed by atoms with Crippen LogP contribution >= 0.6 is 0 Å². The smallest absolute Gasteiger partial charge is 0.323 e. The zero-order chi connectivity index (χ0) is 11.1. The molecule has 0 aromatic carbocycles. The molecule has 0 radical (unpaired) electrons. The molecule has 0 unspecified atom stereocenters. The number of carbonyl (C=O) groups excluding carboxylic acids is 1. The van der Waals surface area contributed by atoms with E-state index >= 15 is 0 Å². The molecule has 0 aromatic rings. The van der Waals surface area contributed by atoms with Crippen molar-refractivity contribution in [3.05, 3.63) is 28.8 Å². The molecule has 3 heteroatoms. The number of allylic oxidation sites excluding steroid dienone is 4. The zero-order valence-electron chi connectivity index (χ0n) is 9.07. The monoisotopic (exact) mass is 204 g/mol. The van der Waals surface area contributed by atoms with Crippen LogP contribution in [0.25, 0.3) is 5.53 Å². The van der Waals surface area contributed by atoms with Gasteiger partial charge in [0.05, 0.1) is 0 Å². The minimum atomic E-state index is -0.140. The van der Waals surface area contributed by atoms with Gasteiger partial charge in [0, 0.05) is 6.42 Å². The number of rotatable bonds is 5. The highest BCUT2D eigenvalue weighted by Gasteiger charge is 2.07. The van der Waals surface area contributed by atoms with E-state index in [0.29, 0.717) is 12.8 Å². The van der Waals surface area contributed by atoms with E-state index in [0.717, 1.165) is 12.6 Å². The van der Waals surface area contributed by atoms with Crippen LogP contribution in [0.2, 0.25) is 0 Å². The van der Waals surface area contributed by atoms with Crippen molar-refractivity contribution < 1.29 is 9.58 Å². The topological polar surface area (TPSA) is 53.5 Å².